The van der Waals surface area contributed by atoms with Crippen molar-refractivity contribution in [3.8, 4) is 22.8 Å². The van der Waals surface area contributed by atoms with Crippen LogP contribution < -0.4 is 15.0 Å². The molecule has 1 aliphatic heterocycles. The highest BCUT2D eigenvalue weighted by Crippen LogP contribution is 2.33. The Balaban J connectivity index is 1.17. The van der Waals surface area contributed by atoms with Gasteiger partial charge in [-0.05, 0) is 60.9 Å². The first-order valence-corrected chi connectivity index (χ1v) is 14.9. The molecule has 44 heavy (non-hydrogen) atoms. The number of aromatic nitrogens is 4. The quantitative estimate of drug-likeness (QED) is 0.123. The molecule has 3 aromatic heterocycles. The molecular weight excluding hydrogens is 586 g/mol. The first-order valence-electron chi connectivity index (χ1n) is 14.0. The van der Waals surface area contributed by atoms with Crippen LogP contribution in [-0.4, -0.2) is 32.1 Å². The fraction of sp³-hybridized carbons (Fsp3) is 0.212. The number of fused-ring (bicyclic) bond motifs is 1. The summed E-state index contributed by atoms with van der Waals surface area (Å²) in [6.07, 6.45) is 5.29. The molecule has 0 aliphatic carbocycles. The molecular formula is C33H28F2N4O4S. The Bertz CT molecular complexity index is 1840. The lowest BCUT2D eigenvalue weighted by atomic mass is 10.1. The number of ether oxygens (including phenoxy) is 3. The van der Waals surface area contributed by atoms with Crippen LogP contribution in [-0.2, 0) is 17.9 Å². The van der Waals surface area contributed by atoms with Crippen molar-refractivity contribution in [3.05, 3.63) is 130 Å². The molecule has 0 bridgehead atoms. The van der Waals surface area contributed by atoms with Crippen molar-refractivity contribution in [3.63, 3.8) is 0 Å². The van der Waals surface area contributed by atoms with Gasteiger partial charge in [0.1, 0.15) is 5.82 Å². The molecule has 11 heteroatoms. The van der Waals surface area contributed by atoms with Crippen LogP contribution in [0.15, 0.2) is 95.3 Å². The van der Waals surface area contributed by atoms with E-state index < -0.39 is 11.4 Å². The van der Waals surface area contributed by atoms with Crippen molar-refractivity contribution >= 4 is 11.8 Å². The Hall–Kier alpha value is -4.61. The van der Waals surface area contributed by atoms with Crippen molar-refractivity contribution in [1.29, 1.82) is 0 Å². The zero-order valence-electron chi connectivity index (χ0n) is 23.8. The number of hydrogen-bond acceptors (Lipinski definition) is 8. The number of benzene rings is 2. The number of aryl methyl sites for hydroxylation is 1. The fourth-order valence-electron chi connectivity index (χ4n) is 4.82. The van der Waals surface area contributed by atoms with Gasteiger partial charge in [-0.15, -0.1) is 0 Å². The number of rotatable bonds is 11. The van der Waals surface area contributed by atoms with Crippen molar-refractivity contribution in [2.45, 2.75) is 37.8 Å². The predicted octanol–water partition coefficient (Wildman–Crippen LogP) is 6.50. The molecule has 0 saturated carbocycles. The first-order chi connectivity index (χ1) is 21.4. The standard InChI is InChI=1S/C33H28F2N4O4S/c1-21-13-28(25-15-27(35)32(40)39(18-25)17-22-8-9-30-31(14-22)43-20-42-30)38-33(37-21)44-12-10-29(23-6-4-11-36-16-23)41-19-24-5-2-3-7-26(24)34/h2-9,11,13-16,18,29H,10,12,17,19-20H2,1H3. The predicted molar refractivity (Wildman–Crippen MR) is 162 cm³/mol. The van der Waals surface area contributed by atoms with E-state index in [4.69, 9.17) is 14.2 Å². The lowest BCUT2D eigenvalue weighted by molar-refractivity contribution is 0.0362. The molecule has 2 aromatic carbocycles. The molecule has 224 valence electrons. The number of thioether (sulfide) groups is 1. The number of halogens is 2. The molecule has 4 heterocycles. The number of hydrogen-bond donors (Lipinski definition) is 0. The summed E-state index contributed by atoms with van der Waals surface area (Å²) >= 11 is 1.43. The average Bonchev–Trinajstić information content (AvgIpc) is 3.50. The summed E-state index contributed by atoms with van der Waals surface area (Å²) < 4.78 is 47.3. The van der Waals surface area contributed by atoms with Gasteiger partial charge in [0.25, 0.3) is 5.56 Å². The first kappa shape index (κ1) is 29.5. The van der Waals surface area contributed by atoms with Crippen molar-refractivity contribution < 1.29 is 23.0 Å². The van der Waals surface area contributed by atoms with Crippen molar-refractivity contribution in [1.82, 2.24) is 19.5 Å². The van der Waals surface area contributed by atoms with E-state index in [0.29, 0.717) is 51.3 Å². The maximum absolute atomic E-state index is 14.9. The summed E-state index contributed by atoms with van der Waals surface area (Å²) in [4.78, 5) is 26.1. The number of nitrogens with zero attached hydrogens (tertiary/aromatic N) is 4. The Morgan fingerprint density at radius 1 is 1.00 bits per heavy atom. The molecule has 0 amide bonds. The monoisotopic (exact) mass is 614 g/mol. The Labute approximate surface area is 256 Å². The van der Waals surface area contributed by atoms with E-state index in [-0.39, 0.29) is 31.9 Å². The van der Waals surface area contributed by atoms with Gasteiger partial charge in [-0.2, -0.15) is 0 Å². The lowest BCUT2D eigenvalue weighted by Crippen LogP contribution is -2.23. The summed E-state index contributed by atoms with van der Waals surface area (Å²) in [5.74, 6) is 0.623. The largest absolute Gasteiger partial charge is 0.454 e. The van der Waals surface area contributed by atoms with Crippen LogP contribution in [0.4, 0.5) is 8.78 Å². The normalized spacial score (nSPS) is 12.8. The van der Waals surface area contributed by atoms with Gasteiger partial charge in [0.2, 0.25) is 6.79 Å². The summed E-state index contributed by atoms with van der Waals surface area (Å²) in [6.45, 7) is 2.25. The zero-order valence-corrected chi connectivity index (χ0v) is 24.6. The van der Waals surface area contributed by atoms with Crippen LogP contribution in [0.1, 0.15) is 34.9 Å². The van der Waals surface area contributed by atoms with E-state index in [2.05, 4.69) is 15.0 Å². The molecule has 0 saturated heterocycles. The molecule has 6 rings (SSSR count). The summed E-state index contributed by atoms with van der Waals surface area (Å²) in [6, 6.07) is 18.6. The van der Waals surface area contributed by atoms with Gasteiger partial charge in [-0.1, -0.05) is 42.1 Å². The minimum atomic E-state index is -0.875. The van der Waals surface area contributed by atoms with Crippen LogP contribution in [0.3, 0.4) is 0 Å². The highest BCUT2D eigenvalue weighted by Gasteiger charge is 2.17. The summed E-state index contributed by atoms with van der Waals surface area (Å²) in [7, 11) is 0. The van der Waals surface area contributed by atoms with Crippen LogP contribution >= 0.6 is 11.8 Å². The van der Waals surface area contributed by atoms with E-state index in [0.717, 1.165) is 11.1 Å². The molecule has 1 unspecified atom stereocenters. The SMILES string of the molecule is Cc1cc(-c2cc(F)c(=O)n(Cc3ccc4c(c3)OCO4)c2)nc(SCCC(OCc2ccccc2F)c2cccnc2)n1. The van der Waals surface area contributed by atoms with Crippen LogP contribution in [0.5, 0.6) is 11.5 Å². The second kappa shape index (κ2) is 13.4. The van der Waals surface area contributed by atoms with Crippen molar-refractivity contribution in [2.24, 2.45) is 0 Å². The molecule has 5 aromatic rings. The van der Waals surface area contributed by atoms with Crippen LogP contribution in [0.25, 0.3) is 11.3 Å². The average molecular weight is 615 g/mol. The minimum absolute atomic E-state index is 0.121. The second-order valence-corrected chi connectivity index (χ2v) is 11.3. The van der Waals surface area contributed by atoms with Crippen LogP contribution in [0.2, 0.25) is 0 Å². The Kier molecular flexibility index (Phi) is 8.94. The maximum atomic E-state index is 14.9. The van der Waals surface area contributed by atoms with Gasteiger partial charge in [0.05, 0.1) is 24.9 Å². The molecule has 8 nitrogen and oxygen atoms in total. The van der Waals surface area contributed by atoms with Crippen molar-refractivity contribution in [2.75, 3.05) is 12.5 Å². The van der Waals surface area contributed by atoms with Gasteiger partial charge in [-0.25, -0.2) is 18.7 Å². The maximum Gasteiger partial charge on any atom is 0.286 e. The van der Waals surface area contributed by atoms with Crippen LogP contribution in [0, 0.1) is 18.6 Å². The number of pyridine rings is 2. The lowest BCUT2D eigenvalue weighted by Gasteiger charge is -2.18. The zero-order chi connectivity index (χ0) is 30.5. The highest BCUT2D eigenvalue weighted by molar-refractivity contribution is 7.99. The topological polar surface area (TPSA) is 88.4 Å². The van der Waals surface area contributed by atoms with Gasteiger partial charge in [-0.3, -0.25) is 9.78 Å². The van der Waals surface area contributed by atoms with Gasteiger partial charge in [0, 0.05) is 41.2 Å². The molecule has 1 atom stereocenters. The molecule has 0 N–H and O–H groups in total. The molecule has 0 spiro atoms. The third-order valence-electron chi connectivity index (χ3n) is 7.03. The third-order valence-corrected chi connectivity index (χ3v) is 7.91. The third kappa shape index (κ3) is 6.95. The van der Waals surface area contributed by atoms with E-state index in [1.165, 1.54) is 28.5 Å². The molecule has 0 radical (unpaired) electrons. The second-order valence-electron chi connectivity index (χ2n) is 10.2. The Morgan fingerprint density at radius 2 is 1.86 bits per heavy atom. The van der Waals surface area contributed by atoms with Gasteiger partial charge >= 0.3 is 0 Å². The smallest absolute Gasteiger partial charge is 0.286 e. The summed E-state index contributed by atoms with van der Waals surface area (Å²) in [5, 5.41) is 0.507. The Morgan fingerprint density at radius 3 is 2.70 bits per heavy atom. The summed E-state index contributed by atoms with van der Waals surface area (Å²) in [5.41, 5.74) is 3.05. The highest BCUT2D eigenvalue weighted by atomic mass is 32.2. The molecule has 1 aliphatic rings. The van der Waals surface area contributed by atoms with Gasteiger partial charge < -0.3 is 18.8 Å². The molecule has 0 fully saturated rings. The van der Waals surface area contributed by atoms with E-state index in [9.17, 15) is 13.6 Å². The fourth-order valence-corrected chi connectivity index (χ4v) is 5.71. The van der Waals surface area contributed by atoms with Gasteiger partial charge in [0.15, 0.2) is 22.5 Å². The van der Waals surface area contributed by atoms with E-state index in [1.54, 1.807) is 55.0 Å². The van der Waals surface area contributed by atoms with E-state index >= 15 is 0 Å². The minimum Gasteiger partial charge on any atom is -0.454 e. The van der Waals surface area contributed by atoms with E-state index in [1.807, 2.05) is 25.1 Å².